The molecule has 0 aliphatic rings. The third-order valence-electron chi connectivity index (χ3n) is 2.20. The number of phenolic OH excluding ortho intramolecular Hbond substituents is 1. The molecule has 2 atom stereocenters. The highest BCUT2D eigenvalue weighted by molar-refractivity contribution is 9.10. The lowest BCUT2D eigenvalue weighted by Crippen LogP contribution is -2.13. The largest absolute Gasteiger partial charge is 0.508 e. The van der Waals surface area contributed by atoms with Crippen LogP contribution in [-0.4, -0.2) is 31.9 Å². The van der Waals surface area contributed by atoms with Gasteiger partial charge in [0.2, 0.25) is 0 Å². The number of aromatic hydroxyl groups is 1. The van der Waals surface area contributed by atoms with Gasteiger partial charge in [-0.1, -0.05) is 28.1 Å². The maximum atomic E-state index is 11.6. The van der Waals surface area contributed by atoms with Crippen molar-refractivity contribution in [2.45, 2.75) is 17.9 Å². The highest BCUT2D eigenvalue weighted by atomic mass is 79.9. The Balaban J connectivity index is 3.10. The number of ketones is 1. The molecule has 1 aromatic rings. The van der Waals surface area contributed by atoms with Gasteiger partial charge >= 0.3 is 5.97 Å². The van der Waals surface area contributed by atoms with Crippen molar-refractivity contribution < 1.29 is 24.9 Å². The molecule has 5 nitrogen and oxygen atoms in total. The molecule has 3 N–H and O–H groups in total. The molecule has 0 aliphatic carbocycles. The maximum Gasteiger partial charge on any atom is 0.337 e. The van der Waals surface area contributed by atoms with Crippen LogP contribution in [0.1, 0.15) is 28.9 Å². The van der Waals surface area contributed by atoms with Gasteiger partial charge in [-0.2, -0.15) is 0 Å². The number of hydrogen-bond donors (Lipinski definition) is 3. The Kier molecular flexibility index (Phi) is 4.25. The second kappa shape index (κ2) is 5.29. The first-order valence-electron chi connectivity index (χ1n) is 4.76. The van der Waals surface area contributed by atoms with Gasteiger partial charge in [-0.05, 0) is 13.0 Å². The van der Waals surface area contributed by atoms with Gasteiger partial charge in [0, 0.05) is 11.1 Å². The number of carboxylic acid groups (broad SMARTS) is 1. The van der Waals surface area contributed by atoms with Crippen molar-refractivity contribution in [3.05, 3.63) is 29.3 Å². The number of benzene rings is 1. The quantitative estimate of drug-likeness (QED) is 0.578. The lowest BCUT2D eigenvalue weighted by atomic mass is 10.0. The summed E-state index contributed by atoms with van der Waals surface area (Å²) >= 11 is 3.10. The summed E-state index contributed by atoms with van der Waals surface area (Å²) in [4.78, 5) is 21.7. The van der Waals surface area contributed by atoms with E-state index in [4.69, 9.17) is 5.11 Å². The van der Waals surface area contributed by atoms with Crippen LogP contribution in [0.2, 0.25) is 0 Å². The van der Waals surface area contributed by atoms with Crippen LogP contribution in [0.25, 0.3) is 0 Å². The molecule has 0 fully saturated rings. The van der Waals surface area contributed by atoms with Gasteiger partial charge in [-0.3, -0.25) is 4.79 Å². The van der Waals surface area contributed by atoms with Crippen molar-refractivity contribution in [2.24, 2.45) is 0 Å². The molecular weight excluding hydrogens is 292 g/mol. The molecule has 17 heavy (non-hydrogen) atoms. The van der Waals surface area contributed by atoms with E-state index >= 15 is 0 Å². The summed E-state index contributed by atoms with van der Waals surface area (Å²) in [7, 11) is 0. The SMILES string of the molecule is CC(Br)C(=O)c1ccc(C(O)C(=O)O)c(O)c1. The number of carboxylic acids is 1. The van der Waals surface area contributed by atoms with Gasteiger partial charge in [-0.25, -0.2) is 4.79 Å². The van der Waals surface area contributed by atoms with Crippen molar-refractivity contribution in [3.8, 4) is 5.75 Å². The van der Waals surface area contributed by atoms with Crippen LogP contribution in [0.4, 0.5) is 0 Å². The predicted molar refractivity (Wildman–Crippen MR) is 63.4 cm³/mol. The van der Waals surface area contributed by atoms with E-state index in [-0.39, 0.29) is 16.9 Å². The summed E-state index contributed by atoms with van der Waals surface area (Å²) in [6.45, 7) is 1.64. The maximum absolute atomic E-state index is 11.6. The summed E-state index contributed by atoms with van der Waals surface area (Å²) in [5, 5.41) is 27.4. The van der Waals surface area contributed by atoms with Crippen molar-refractivity contribution in [1.82, 2.24) is 0 Å². The summed E-state index contributed by atoms with van der Waals surface area (Å²) in [5.74, 6) is -2.12. The molecule has 0 aliphatic heterocycles. The molecule has 0 saturated heterocycles. The molecule has 0 saturated carbocycles. The molecule has 0 heterocycles. The van der Waals surface area contributed by atoms with Crippen LogP contribution < -0.4 is 0 Å². The summed E-state index contributed by atoms with van der Waals surface area (Å²) < 4.78 is 0. The van der Waals surface area contributed by atoms with Crippen LogP contribution in [0.15, 0.2) is 18.2 Å². The first-order chi connectivity index (χ1) is 7.84. The summed E-state index contributed by atoms with van der Waals surface area (Å²) in [6, 6.07) is 3.72. The van der Waals surface area contributed by atoms with E-state index in [1.807, 2.05) is 0 Å². The Hall–Kier alpha value is -1.40. The topological polar surface area (TPSA) is 94.8 Å². The Morgan fingerprint density at radius 3 is 2.35 bits per heavy atom. The first kappa shape index (κ1) is 13.7. The molecular formula is C11H11BrO5. The number of phenols is 1. The monoisotopic (exact) mass is 302 g/mol. The zero-order valence-electron chi connectivity index (χ0n) is 8.92. The van der Waals surface area contributed by atoms with Gasteiger partial charge in [0.15, 0.2) is 11.9 Å². The molecule has 1 aromatic carbocycles. The fourth-order valence-corrected chi connectivity index (χ4v) is 1.56. The number of rotatable bonds is 4. The minimum absolute atomic E-state index is 0.142. The van der Waals surface area contributed by atoms with E-state index in [1.54, 1.807) is 6.92 Å². The van der Waals surface area contributed by atoms with E-state index < -0.39 is 22.6 Å². The number of aliphatic hydroxyl groups excluding tert-OH is 1. The normalized spacial score (nSPS) is 14.1. The Morgan fingerprint density at radius 2 is 1.94 bits per heavy atom. The van der Waals surface area contributed by atoms with Crippen LogP contribution >= 0.6 is 15.9 Å². The number of hydrogen-bond acceptors (Lipinski definition) is 4. The molecule has 6 heteroatoms. The van der Waals surface area contributed by atoms with E-state index in [2.05, 4.69) is 15.9 Å². The standard InChI is InChI=1S/C11H11BrO5/c1-5(12)9(14)6-2-3-7(8(13)4-6)10(15)11(16)17/h2-5,10,13,15H,1H3,(H,16,17). The fourth-order valence-electron chi connectivity index (χ4n) is 1.29. The van der Waals surface area contributed by atoms with E-state index in [0.29, 0.717) is 0 Å². The van der Waals surface area contributed by atoms with E-state index in [0.717, 1.165) is 6.07 Å². The van der Waals surface area contributed by atoms with E-state index in [1.165, 1.54) is 12.1 Å². The highest BCUT2D eigenvalue weighted by Gasteiger charge is 2.21. The van der Waals surface area contributed by atoms with Crippen molar-refractivity contribution >= 4 is 27.7 Å². The number of aliphatic carboxylic acids is 1. The molecule has 0 amide bonds. The minimum atomic E-state index is -1.81. The Morgan fingerprint density at radius 1 is 1.35 bits per heavy atom. The second-order valence-corrected chi connectivity index (χ2v) is 4.87. The number of halogens is 1. The van der Waals surface area contributed by atoms with Crippen molar-refractivity contribution in [3.63, 3.8) is 0 Å². The predicted octanol–water partition coefficient (Wildman–Crippen LogP) is 1.48. The lowest BCUT2D eigenvalue weighted by Gasteiger charge is -2.10. The molecule has 1 rings (SSSR count). The lowest BCUT2D eigenvalue weighted by molar-refractivity contribution is -0.147. The van der Waals surface area contributed by atoms with Crippen LogP contribution in [0, 0.1) is 0 Å². The number of aliphatic hydroxyl groups is 1. The van der Waals surface area contributed by atoms with Gasteiger partial charge in [0.05, 0.1) is 4.83 Å². The summed E-state index contributed by atoms with van der Waals surface area (Å²) in [6.07, 6.45) is -1.81. The van der Waals surface area contributed by atoms with Crippen LogP contribution in [0.3, 0.4) is 0 Å². The minimum Gasteiger partial charge on any atom is -0.508 e. The molecule has 0 bridgehead atoms. The number of alkyl halides is 1. The first-order valence-corrected chi connectivity index (χ1v) is 5.68. The number of Topliss-reactive ketones (excluding diaryl/α,β-unsaturated/α-hetero) is 1. The zero-order valence-corrected chi connectivity index (χ0v) is 10.5. The average molecular weight is 303 g/mol. The van der Waals surface area contributed by atoms with Gasteiger partial charge in [0.1, 0.15) is 5.75 Å². The molecule has 92 valence electrons. The van der Waals surface area contributed by atoms with Gasteiger partial charge in [-0.15, -0.1) is 0 Å². The highest BCUT2D eigenvalue weighted by Crippen LogP contribution is 2.26. The van der Waals surface area contributed by atoms with E-state index in [9.17, 15) is 19.8 Å². The van der Waals surface area contributed by atoms with Crippen LogP contribution in [0.5, 0.6) is 5.75 Å². The smallest absolute Gasteiger partial charge is 0.337 e. The molecule has 0 radical (unpaired) electrons. The third kappa shape index (κ3) is 3.04. The zero-order chi connectivity index (χ0) is 13.2. The Labute approximate surface area is 106 Å². The molecule has 2 unspecified atom stereocenters. The van der Waals surface area contributed by atoms with Gasteiger partial charge < -0.3 is 15.3 Å². The average Bonchev–Trinajstić information content (AvgIpc) is 2.26. The number of carbonyl (C=O) groups is 2. The van der Waals surface area contributed by atoms with Gasteiger partial charge in [0.25, 0.3) is 0 Å². The van der Waals surface area contributed by atoms with Crippen molar-refractivity contribution in [1.29, 1.82) is 0 Å². The Bertz CT molecular complexity index is 455. The van der Waals surface area contributed by atoms with Crippen molar-refractivity contribution in [2.75, 3.05) is 0 Å². The molecule has 0 aromatic heterocycles. The third-order valence-corrected chi connectivity index (χ3v) is 2.62. The summed E-state index contributed by atoms with van der Waals surface area (Å²) in [5.41, 5.74) is 0.101. The number of carbonyl (C=O) groups excluding carboxylic acids is 1. The fraction of sp³-hybridized carbons (Fsp3) is 0.273. The van der Waals surface area contributed by atoms with Crippen LogP contribution in [-0.2, 0) is 4.79 Å². The second-order valence-electron chi connectivity index (χ2n) is 3.49. The molecule has 0 spiro atoms.